The number of nitro benzene ring substituents is 1. The number of pyridine rings is 1. The minimum atomic E-state index is -1.26. The number of nitrogens with two attached hydrogens (primary N) is 1. The first-order chi connectivity index (χ1) is 22.2. The number of aliphatic hydroxyl groups is 1. The number of fused-ring (bicyclic) bond motifs is 4. The zero-order valence-electron chi connectivity index (χ0n) is 26.9. The van der Waals surface area contributed by atoms with Gasteiger partial charge in [-0.05, 0) is 67.7 Å². The number of ether oxygens (including phenoxy) is 3. The van der Waals surface area contributed by atoms with Gasteiger partial charge in [0.05, 0.1) is 23.7 Å². The van der Waals surface area contributed by atoms with E-state index in [1.165, 1.54) is 38.3 Å². The third-order valence-electron chi connectivity index (χ3n) is 10.3. The van der Waals surface area contributed by atoms with Gasteiger partial charge in [-0.25, -0.2) is 9.59 Å². The number of aromatic nitrogens is 1. The van der Waals surface area contributed by atoms with Crippen LogP contribution in [0.5, 0.6) is 5.75 Å². The topological polar surface area (TPSA) is 194 Å². The molecule has 47 heavy (non-hydrogen) atoms. The van der Waals surface area contributed by atoms with Crippen LogP contribution in [0.25, 0.3) is 11.3 Å². The number of benzene rings is 1. The molecule has 250 valence electrons. The number of nitrogens with zero attached hydrogens (tertiary/aromatic N) is 2. The van der Waals surface area contributed by atoms with Crippen LogP contribution in [0.3, 0.4) is 0 Å². The first kappa shape index (κ1) is 33.7. The van der Waals surface area contributed by atoms with Crippen LogP contribution in [-0.4, -0.2) is 51.8 Å². The van der Waals surface area contributed by atoms with Gasteiger partial charge in [0.25, 0.3) is 5.69 Å². The van der Waals surface area contributed by atoms with Crippen LogP contribution >= 0.6 is 0 Å². The van der Waals surface area contributed by atoms with E-state index < -0.39 is 45.7 Å². The van der Waals surface area contributed by atoms with Crippen LogP contribution in [0.15, 0.2) is 64.1 Å². The molecular formula is C34H39N3O10. The van der Waals surface area contributed by atoms with E-state index in [1.807, 2.05) is 6.92 Å². The fourth-order valence-electron chi connectivity index (χ4n) is 7.79. The number of methoxy groups -OCH3 is 1. The Morgan fingerprint density at radius 3 is 2.47 bits per heavy atom. The maximum absolute atomic E-state index is 13.4. The highest BCUT2D eigenvalue weighted by Gasteiger charge is 2.67. The average molecular weight is 650 g/mol. The van der Waals surface area contributed by atoms with Crippen molar-refractivity contribution in [3.05, 3.63) is 86.5 Å². The summed E-state index contributed by atoms with van der Waals surface area (Å²) in [7, 11) is 1.35. The number of rotatable bonds is 4. The largest absolute Gasteiger partial charge is 0.482 e. The maximum Gasteiger partial charge on any atom is 0.345 e. The van der Waals surface area contributed by atoms with Crippen molar-refractivity contribution in [3.63, 3.8) is 0 Å². The molecule has 2 aromatic heterocycles. The molecule has 0 spiro atoms. The predicted molar refractivity (Wildman–Crippen MR) is 168 cm³/mol. The molecule has 6 rings (SSSR count). The van der Waals surface area contributed by atoms with Crippen molar-refractivity contribution < 1.29 is 38.2 Å². The van der Waals surface area contributed by atoms with Crippen molar-refractivity contribution in [1.82, 2.24) is 4.98 Å². The number of hydrogen-bond donors (Lipinski definition) is 2. The van der Waals surface area contributed by atoms with Gasteiger partial charge in [0.1, 0.15) is 28.8 Å². The Labute approximate surface area is 271 Å². The minimum Gasteiger partial charge on any atom is -0.482 e. The summed E-state index contributed by atoms with van der Waals surface area (Å²) >= 11 is 0. The molecule has 3 aliphatic rings. The highest BCUT2D eigenvalue weighted by Crippen LogP contribution is 2.64. The van der Waals surface area contributed by atoms with Gasteiger partial charge in [-0.3, -0.25) is 19.9 Å². The SMILES string of the molecule is CC1C(N)CCC2(C)C1CC(OC(=O)c1ccc([N+](=O)[O-])cc1)C1(C)Oc3cc(-c4cccnc4)oc(=O)c3C(O)C21.COC(C)=O. The summed E-state index contributed by atoms with van der Waals surface area (Å²) < 4.78 is 22.6. The lowest BCUT2D eigenvalue weighted by Crippen LogP contribution is -2.69. The van der Waals surface area contributed by atoms with Crippen LogP contribution in [0.2, 0.25) is 0 Å². The van der Waals surface area contributed by atoms with Crippen molar-refractivity contribution in [2.24, 2.45) is 28.9 Å². The lowest BCUT2D eigenvalue weighted by Gasteiger charge is -2.64. The predicted octanol–water partition coefficient (Wildman–Crippen LogP) is 4.60. The quantitative estimate of drug-likeness (QED) is 0.227. The van der Waals surface area contributed by atoms with Crippen LogP contribution < -0.4 is 16.1 Å². The van der Waals surface area contributed by atoms with Crippen molar-refractivity contribution in [1.29, 1.82) is 0 Å². The second kappa shape index (κ2) is 12.9. The highest BCUT2D eigenvalue weighted by atomic mass is 16.6. The third kappa shape index (κ3) is 6.12. The molecule has 13 nitrogen and oxygen atoms in total. The molecule has 0 bridgehead atoms. The van der Waals surface area contributed by atoms with Crippen molar-refractivity contribution in [2.75, 3.05) is 7.11 Å². The standard InChI is InChI=1S/C31H33N3O8.C3H6O2/c1-16-20-13-24(41-28(36)17-6-8-19(9-7-17)34(38)39)31(3)27(30(20,2)11-10-21(16)32)26(35)25-23(42-31)14-22(40-29(25)37)18-5-4-12-33-15-18;1-3(4)5-2/h4-9,12,14-16,20-21,24,26-27,35H,10-11,13,32H2,1-3H3;1-2H3. The van der Waals surface area contributed by atoms with E-state index in [1.54, 1.807) is 30.6 Å². The maximum atomic E-state index is 13.4. The Morgan fingerprint density at radius 1 is 1.19 bits per heavy atom. The van der Waals surface area contributed by atoms with Gasteiger partial charge >= 0.3 is 17.6 Å². The molecule has 8 unspecified atom stereocenters. The molecule has 8 atom stereocenters. The van der Waals surface area contributed by atoms with E-state index in [-0.39, 0.29) is 52.2 Å². The van der Waals surface area contributed by atoms with E-state index in [0.29, 0.717) is 18.4 Å². The summed E-state index contributed by atoms with van der Waals surface area (Å²) in [5, 5.41) is 23.1. The molecule has 0 radical (unpaired) electrons. The lowest BCUT2D eigenvalue weighted by molar-refractivity contribution is -0.384. The second-order valence-electron chi connectivity index (χ2n) is 12.9. The van der Waals surface area contributed by atoms with Gasteiger partial charge in [-0.1, -0.05) is 13.8 Å². The Morgan fingerprint density at radius 2 is 1.87 bits per heavy atom. The number of nitro groups is 1. The molecule has 13 heteroatoms. The number of carbonyl (C=O) groups excluding carboxylic acids is 2. The number of esters is 2. The molecule has 3 N–H and O–H groups in total. The monoisotopic (exact) mass is 649 g/mol. The van der Waals surface area contributed by atoms with Crippen molar-refractivity contribution in [2.45, 2.75) is 70.8 Å². The molecule has 2 fully saturated rings. The molecule has 2 aliphatic carbocycles. The molecule has 0 saturated heterocycles. The molecule has 0 amide bonds. The number of hydrogen-bond acceptors (Lipinski definition) is 12. The Hall–Kier alpha value is -4.62. The first-order valence-corrected chi connectivity index (χ1v) is 15.4. The van der Waals surface area contributed by atoms with Gasteiger partial charge < -0.3 is 29.5 Å². The summed E-state index contributed by atoms with van der Waals surface area (Å²) in [6, 6.07) is 10.2. The van der Waals surface area contributed by atoms with Crippen LogP contribution in [0.4, 0.5) is 5.69 Å². The van der Waals surface area contributed by atoms with Crippen molar-refractivity contribution >= 4 is 17.6 Å². The summed E-state index contributed by atoms with van der Waals surface area (Å²) in [6.07, 6.45) is 2.94. The zero-order chi connectivity index (χ0) is 34.3. The summed E-state index contributed by atoms with van der Waals surface area (Å²) in [4.78, 5) is 51.0. The third-order valence-corrected chi connectivity index (χ3v) is 10.3. The normalized spacial score (nSPS) is 30.5. The molecular weight excluding hydrogens is 610 g/mol. The summed E-state index contributed by atoms with van der Waals surface area (Å²) in [6.45, 7) is 7.35. The van der Waals surface area contributed by atoms with Crippen molar-refractivity contribution in [3.8, 4) is 17.1 Å². The molecule has 3 heterocycles. The first-order valence-electron chi connectivity index (χ1n) is 15.4. The Bertz CT molecular complexity index is 1710. The van der Waals surface area contributed by atoms with E-state index >= 15 is 0 Å². The van der Waals surface area contributed by atoms with Crippen LogP contribution in [-0.2, 0) is 14.3 Å². The van der Waals surface area contributed by atoms with E-state index in [2.05, 4.69) is 23.6 Å². The van der Waals surface area contributed by atoms with Gasteiger partial charge in [0.2, 0.25) is 0 Å². The van der Waals surface area contributed by atoms with E-state index in [9.17, 15) is 29.6 Å². The zero-order valence-corrected chi connectivity index (χ0v) is 26.9. The van der Waals surface area contributed by atoms with Crippen LogP contribution in [0.1, 0.15) is 69.0 Å². The summed E-state index contributed by atoms with van der Waals surface area (Å²) in [5.74, 6) is -1.15. The van der Waals surface area contributed by atoms with Crippen LogP contribution in [0, 0.1) is 33.3 Å². The van der Waals surface area contributed by atoms with Gasteiger partial charge in [-0.2, -0.15) is 0 Å². The lowest BCUT2D eigenvalue weighted by atomic mass is 9.46. The van der Waals surface area contributed by atoms with Gasteiger partial charge in [0.15, 0.2) is 0 Å². The van der Waals surface area contributed by atoms with E-state index in [0.717, 1.165) is 6.42 Å². The molecule has 2 saturated carbocycles. The molecule has 1 aliphatic heterocycles. The van der Waals surface area contributed by atoms with Gasteiger partial charge in [0, 0.05) is 55.0 Å². The summed E-state index contributed by atoms with van der Waals surface area (Å²) in [5.41, 5.74) is 4.69. The Balaban J connectivity index is 0.000000807. The highest BCUT2D eigenvalue weighted by molar-refractivity contribution is 5.89. The molecule has 3 aromatic rings. The van der Waals surface area contributed by atoms with E-state index in [4.69, 9.17) is 19.6 Å². The Kier molecular flexibility index (Phi) is 9.24. The number of non-ortho nitro benzene ring substituents is 1. The smallest absolute Gasteiger partial charge is 0.345 e. The average Bonchev–Trinajstić information content (AvgIpc) is 3.04. The van der Waals surface area contributed by atoms with Gasteiger partial charge in [-0.15, -0.1) is 0 Å². The second-order valence-corrected chi connectivity index (χ2v) is 12.9. The fourth-order valence-corrected chi connectivity index (χ4v) is 7.79. The number of carbonyl (C=O) groups is 2. The molecule has 1 aromatic carbocycles. The number of aliphatic hydroxyl groups excluding tert-OH is 1. The fraction of sp³-hybridized carbons (Fsp3) is 0.471. The minimum absolute atomic E-state index is 0.0370.